The van der Waals surface area contributed by atoms with E-state index in [0.717, 1.165) is 52.6 Å². The first-order valence-corrected chi connectivity index (χ1v) is 7.69. The minimum absolute atomic E-state index is 0.202. The van der Waals surface area contributed by atoms with Crippen LogP contribution in [0.1, 0.15) is 40.5 Å². The lowest BCUT2D eigenvalue weighted by Crippen LogP contribution is -2.43. The molecule has 0 aliphatic rings. The summed E-state index contributed by atoms with van der Waals surface area (Å²) in [4.78, 5) is 2.42. The third-order valence-electron chi connectivity index (χ3n) is 3.46. The molecule has 116 valence electrons. The molecule has 0 saturated heterocycles. The van der Waals surface area contributed by atoms with Crippen LogP contribution < -0.4 is 5.73 Å². The van der Waals surface area contributed by atoms with E-state index in [2.05, 4.69) is 18.7 Å². The summed E-state index contributed by atoms with van der Waals surface area (Å²) >= 11 is 0. The highest BCUT2D eigenvalue weighted by Crippen LogP contribution is 2.23. The van der Waals surface area contributed by atoms with Crippen molar-refractivity contribution in [2.75, 3.05) is 52.6 Å². The Hall–Kier alpha value is -0.160. The van der Waals surface area contributed by atoms with E-state index in [1.165, 1.54) is 12.8 Å². The molecule has 0 saturated carbocycles. The van der Waals surface area contributed by atoms with Crippen molar-refractivity contribution in [3.63, 3.8) is 0 Å². The van der Waals surface area contributed by atoms with E-state index in [-0.39, 0.29) is 5.41 Å². The Bertz CT molecular complexity index is 193. The van der Waals surface area contributed by atoms with Gasteiger partial charge >= 0.3 is 0 Å². The summed E-state index contributed by atoms with van der Waals surface area (Å²) in [6, 6.07) is 0. The normalized spacial score (nSPS) is 14.8. The number of nitrogens with two attached hydrogens (primary N) is 1. The molecule has 0 bridgehead atoms. The maximum Gasteiger partial charge on any atom is 0.0593 e. The molecule has 0 aromatic heterocycles. The predicted molar refractivity (Wildman–Crippen MR) is 81.5 cm³/mol. The SMILES string of the molecule is CCCC(C)(CN)CN(CCOCC)CCOCC. The highest BCUT2D eigenvalue weighted by atomic mass is 16.5. The van der Waals surface area contributed by atoms with Crippen LogP contribution in [0.2, 0.25) is 0 Å². The van der Waals surface area contributed by atoms with Crippen molar-refractivity contribution >= 4 is 0 Å². The fraction of sp³-hybridized carbons (Fsp3) is 1.00. The Morgan fingerprint density at radius 1 is 1.00 bits per heavy atom. The van der Waals surface area contributed by atoms with Crippen molar-refractivity contribution in [2.24, 2.45) is 11.1 Å². The first-order valence-electron chi connectivity index (χ1n) is 7.69. The van der Waals surface area contributed by atoms with Gasteiger partial charge in [0.1, 0.15) is 0 Å². The van der Waals surface area contributed by atoms with Crippen LogP contribution in [0.4, 0.5) is 0 Å². The fourth-order valence-electron chi connectivity index (χ4n) is 2.33. The Morgan fingerprint density at radius 3 is 1.89 bits per heavy atom. The lowest BCUT2D eigenvalue weighted by Gasteiger charge is -2.34. The second kappa shape index (κ2) is 11.6. The third kappa shape index (κ3) is 9.38. The lowest BCUT2D eigenvalue weighted by molar-refractivity contribution is 0.0613. The first kappa shape index (κ1) is 18.8. The summed E-state index contributed by atoms with van der Waals surface area (Å²) < 4.78 is 10.9. The van der Waals surface area contributed by atoms with Gasteiger partial charge in [0.25, 0.3) is 0 Å². The van der Waals surface area contributed by atoms with E-state index < -0.39 is 0 Å². The predicted octanol–water partition coefficient (Wildman–Crippen LogP) is 2.13. The molecule has 0 aliphatic heterocycles. The molecule has 4 nitrogen and oxygen atoms in total. The average Bonchev–Trinajstić information content (AvgIpc) is 2.39. The molecular formula is C15H34N2O2. The molecule has 4 heteroatoms. The van der Waals surface area contributed by atoms with Crippen molar-refractivity contribution < 1.29 is 9.47 Å². The maximum absolute atomic E-state index is 5.96. The van der Waals surface area contributed by atoms with Crippen LogP contribution >= 0.6 is 0 Å². The molecular weight excluding hydrogens is 240 g/mol. The highest BCUT2D eigenvalue weighted by molar-refractivity contribution is 4.79. The second-order valence-corrected chi connectivity index (χ2v) is 5.43. The van der Waals surface area contributed by atoms with Gasteiger partial charge in [-0.05, 0) is 32.2 Å². The summed E-state index contributed by atoms with van der Waals surface area (Å²) in [5, 5.41) is 0. The molecule has 2 N–H and O–H groups in total. The van der Waals surface area contributed by atoms with E-state index in [9.17, 15) is 0 Å². The molecule has 0 aromatic rings. The molecule has 0 radical (unpaired) electrons. The Balaban J connectivity index is 4.27. The number of rotatable bonds is 13. The van der Waals surface area contributed by atoms with Gasteiger partial charge in [0.05, 0.1) is 13.2 Å². The first-order chi connectivity index (χ1) is 9.11. The summed E-state index contributed by atoms with van der Waals surface area (Å²) in [6.45, 7) is 15.4. The monoisotopic (exact) mass is 274 g/mol. The standard InChI is InChI=1S/C15H34N2O2/c1-5-8-15(4,13-16)14-17(9-11-18-6-2)10-12-19-7-3/h5-14,16H2,1-4H3. The quantitative estimate of drug-likeness (QED) is 0.523. The van der Waals surface area contributed by atoms with E-state index in [1.54, 1.807) is 0 Å². The van der Waals surface area contributed by atoms with Gasteiger partial charge in [0.15, 0.2) is 0 Å². The molecule has 1 atom stereocenters. The fourth-order valence-corrected chi connectivity index (χ4v) is 2.33. The molecule has 0 fully saturated rings. The minimum Gasteiger partial charge on any atom is -0.380 e. The van der Waals surface area contributed by atoms with Crippen LogP contribution in [-0.2, 0) is 9.47 Å². The molecule has 0 amide bonds. The Labute approximate surface area is 119 Å². The maximum atomic E-state index is 5.96. The van der Waals surface area contributed by atoms with Crippen molar-refractivity contribution in [3.05, 3.63) is 0 Å². The summed E-state index contributed by atoms with van der Waals surface area (Å²) in [6.07, 6.45) is 2.35. The van der Waals surface area contributed by atoms with Crippen LogP contribution in [0.15, 0.2) is 0 Å². The number of hydrogen-bond acceptors (Lipinski definition) is 4. The zero-order valence-corrected chi connectivity index (χ0v) is 13.4. The molecule has 19 heavy (non-hydrogen) atoms. The van der Waals surface area contributed by atoms with E-state index in [4.69, 9.17) is 15.2 Å². The van der Waals surface area contributed by atoms with Gasteiger partial charge in [-0.25, -0.2) is 0 Å². The zero-order valence-electron chi connectivity index (χ0n) is 13.4. The largest absolute Gasteiger partial charge is 0.380 e. The number of hydrogen-bond donors (Lipinski definition) is 1. The van der Waals surface area contributed by atoms with Gasteiger partial charge in [0.2, 0.25) is 0 Å². The van der Waals surface area contributed by atoms with Gasteiger partial charge in [-0.15, -0.1) is 0 Å². The van der Waals surface area contributed by atoms with Crippen LogP contribution in [-0.4, -0.2) is 57.5 Å². The summed E-state index contributed by atoms with van der Waals surface area (Å²) in [5.41, 5.74) is 6.16. The second-order valence-electron chi connectivity index (χ2n) is 5.43. The molecule has 0 rings (SSSR count). The summed E-state index contributed by atoms with van der Waals surface area (Å²) in [7, 11) is 0. The van der Waals surface area contributed by atoms with Crippen molar-refractivity contribution in [1.82, 2.24) is 4.90 Å². The van der Waals surface area contributed by atoms with E-state index >= 15 is 0 Å². The molecule has 0 spiro atoms. The number of ether oxygens (including phenoxy) is 2. The van der Waals surface area contributed by atoms with Gasteiger partial charge in [-0.3, -0.25) is 4.90 Å². The van der Waals surface area contributed by atoms with Gasteiger partial charge in [-0.1, -0.05) is 20.3 Å². The molecule has 0 heterocycles. The van der Waals surface area contributed by atoms with Crippen LogP contribution in [0.25, 0.3) is 0 Å². The molecule has 0 aliphatic carbocycles. The van der Waals surface area contributed by atoms with Crippen molar-refractivity contribution in [3.8, 4) is 0 Å². The molecule has 1 unspecified atom stereocenters. The van der Waals surface area contributed by atoms with Crippen LogP contribution in [0, 0.1) is 5.41 Å². The van der Waals surface area contributed by atoms with Crippen LogP contribution in [0.3, 0.4) is 0 Å². The highest BCUT2D eigenvalue weighted by Gasteiger charge is 2.24. The van der Waals surface area contributed by atoms with Gasteiger partial charge in [0, 0.05) is 32.8 Å². The van der Waals surface area contributed by atoms with E-state index in [1.807, 2.05) is 13.8 Å². The Kier molecular flexibility index (Phi) is 11.6. The lowest BCUT2D eigenvalue weighted by atomic mass is 9.85. The third-order valence-corrected chi connectivity index (χ3v) is 3.46. The van der Waals surface area contributed by atoms with Gasteiger partial charge < -0.3 is 15.2 Å². The average molecular weight is 274 g/mol. The molecule has 0 aromatic carbocycles. The Morgan fingerprint density at radius 2 is 1.53 bits per heavy atom. The van der Waals surface area contributed by atoms with Crippen LogP contribution in [0.5, 0.6) is 0 Å². The minimum atomic E-state index is 0.202. The topological polar surface area (TPSA) is 47.7 Å². The van der Waals surface area contributed by atoms with Crippen molar-refractivity contribution in [2.45, 2.75) is 40.5 Å². The zero-order chi connectivity index (χ0) is 14.6. The summed E-state index contributed by atoms with van der Waals surface area (Å²) in [5.74, 6) is 0. The van der Waals surface area contributed by atoms with E-state index in [0.29, 0.717) is 0 Å². The van der Waals surface area contributed by atoms with Crippen molar-refractivity contribution in [1.29, 1.82) is 0 Å². The smallest absolute Gasteiger partial charge is 0.0593 e. The number of nitrogens with zero attached hydrogens (tertiary/aromatic N) is 1. The van der Waals surface area contributed by atoms with Gasteiger partial charge in [-0.2, -0.15) is 0 Å².